The van der Waals surface area contributed by atoms with E-state index in [-0.39, 0.29) is 22.2 Å². The van der Waals surface area contributed by atoms with Crippen molar-refractivity contribution in [3.8, 4) is 0 Å². The van der Waals surface area contributed by atoms with Crippen molar-refractivity contribution in [2.75, 3.05) is 0 Å². The van der Waals surface area contributed by atoms with Crippen molar-refractivity contribution >= 4 is 5.97 Å². The second kappa shape index (κ2) is 92.1. The second-order valence-electron chi connectivity index (χ2n) is 40.6. The van der Waals surface area contributed by atoms with Crippen LogP contribution in [0.25, 0.3) is 0 Å². The lowest BCUT2D eigenvalue weighted by atomic mass is 9.35. The van der Waals surface area contributed by atoms with Gasteiger partial charge < -0.3 is 5.11 Å². The molecular weight excluding hydrogens is 1400 g/mol. The Labute approximate surface area is 737 Å². The molecule has 0 saturated carbocycles. The van der Waals surface area contributed by atoms with E-state index < -0.39 is 5.41 Å². The summed E-state index contributed by atoms with van der Waals surface area (Å²) < 4.78 is 0. The molecule has 0 aliphatic rings. The quantitative estimate of drug-likeness (QED) is 0.0616. The fourth-order valence-electron chi connectivity index (χ4n) is 22.8. The van der Waals surface area contributed by atoms with Gasteiger partial charge in [0.1, 0.15) is 0 Å². The first-order valence-corrected chi connectivity index (χ1v) is 56.5. The van der Waals surface area contributed by atoms with Gasteiger partial charge in [0.15, 0.2) is 0 Å². The van der Waals surface area contributed by atoms with E-state index in [0.29, 0.717) is 0 Å². The first kappa shape index (κ1) is 115. The van der Waals surface area contributed by atoms with Crippen molar-refractivity contribution in [1.29, 1.82) is 0 Å². The number of carboxylic acids is 1. The average Bonchev–Trinajstić information content (AvgIpc) is 0.691. The lowest BCUT2D eigenvalue weighted by molar-refractivity contribution is -0.215. The van der Waals surface area contributed by atoms with Crippen LogP contribution < -0.4 is 0 Å². The average molecular weight is 1630 g/mol. The molecule has 0 aromatic carbocycles. The number of unbranched alkanes of at least 4 members (excludes halogenated alkanes) is 82. The first-order valence-electron chi connectivity index (χ1n) is 56.5. The number of carbonyl (C=O) groups is 1. The molecule has 0 radical (unpaired) electrons. The minimum atomic E-state index is -0.721. The molecule has 0 fully saturated rings. The third-order valence-corrected chi connectivity index (χ3v) is 30.3. The Morgan fingerprint density at radius 1 is 0.138 bits per heavy atom. The van der Waals surface area contributed by atoms with Gasteiger partial charge in [0.2, 0.25) is 0 Å². The highest BCUT2D eigenvalue weighted by atomic mass is 16.4. The Kier molecular flexibility index (Phi) is 91.7. The van der Waals surface area contributed by atoms with Gasteiger partial charge in [0.05, 0.1) is 5.41 Å². The highest BCUT2D eigenvalue weighted by Crippen LogP contribution is 2.74. The molecule has 2 heteroatoms. The summed E-state index contributed by atoms with van der Waals surface area (Å²) in [6.07, 6.45) is 136. The SMILES string of the molecule is CCCCCCCCCCCCCC(CCCCCCCCCCCC)(CCCCCCCCCCCC)C(CCCCCCCCCCCC)(CCCCCCCCCCCC)C(CCCCCCCCCCCC)(CCCCCCCCCCCC)C(CCCCCCCCCCCC)(CCCCCCCCCCCC)C(=O)O. The third kappa shape index (κ3) is 63.4. The molecule has 0 unspecified atom stereocenters. The fraction of sp³-hybridized carbons (Fsp3) is 0.991. The molecule has 0 amide bonds. The molecule has 0 aromatic heterocycles. The van der Waals surface area contributed by atoms with Crippen LogP contribution in [0.3, 0.4) is 0 Å². The topological polar surface area (TPSA) is 37.3 Å². The summed E-state index contributed by atoms with van der Waals surface area (Å²) in [6, 6.07) is 0. The van der Waals surface area contributed by atoms with E-state index in [1.54, 1.807) is 0 Å². The van der Waals surface area contributed by atoms with Crippen LogP contribution >= 0.6 is 0 Å². The summed E-state index contributed by atoms with van der Waals surface area (Å²) >= 11 is 0. The predicted octanol–water partition coefficient (Wildman–Crippen LogP) is 43.2. The van der Waals surface area contributed by atoms with Gasteiger partial charge in [0.25, 0.3) is 0 Å². The third-order valence-electron chi connectivity index (χ3n) is 30.3. The Balaban J connectivity index is 9.84. The molecule has 0 spiro atoms. The molecule has 0 aliphatic heterocycles. The zero-order valence-corrected chi connectivity index (χ0v) is 83.1. The standard InChI is InChI=1S/C114H228O2/c1-10-19-28-37-46-55-64-67-76-85-94-103-111(101-92-83-74-65-56-47-38-29-20-11-2,102-93-84-75-66-57-48-39-30-21-12-3)113(106-97-88-79-70-60-51-42-33-24-15-6,107-98-89-80-71-61-52-43-34-25-16-7)114(108-99-90-81-72-62-53-44-35-26-17-8,109-100-91-82-73-63-54-45-36-27-18-9)112(110(115)116,104-95-86-77-68-58-49-40-31-22-13-4)105-96-87-78-69-59-50-41-32-23-14-5/h10-109H2,1-9H3,(H,115,116). The number of hydrogen-bond acceptors (Lipinski definition) is 1. The monoisotopic (exact) mass is 1630 g/mol. The van der Waals surface area contributed by atoms with Gasteiger partial charge in [-0.15, -0.1) is 0 Å². The maximum absolute atomic E-state index is 17.0. The van der Waals surface area contributed by atoms with Crippen LogP contribution in [0.4, 0.5) is 0 Å². The summed E-state index contributed by atoms with van der Waals surface area (Å²) in [6.45, 7) is 21.4. The highest BCUT2D eigenvalue weighted by molar-refractivity contribution is 5.76. The van der Waals surface area contributed by atoms with E-state index in [9.17, 15) is 5.11 Å². The molecule has 0 saturated heterocycles. The van der Waals surface area contributed by atoms with Crippen molar-refractivity contribution in [1.82, 2.24) is 0 Å². The van der Waals surface area contributed by atoms with Crippen molar-refractivity contribution in [3.05, 3.63) is 0 Å². The molecular formula is C114H228O2. The summed E-state index contributed by atoms with van der Waals surface area (Å²) in [7, 11) is 0. The maximum atomic E-state index is 17.0. The predicted molar refractivity (Wildman–Crippen MR) is 530 cm³/mol. The maximum Gasteiger partial charge on any atom is 0.310 e. The van der Waals surface area contributed by atoms with Crippen LogP contribution in [0.5, 0.6) is 0 Å². The van der Waals surface area contributed by atoms with E-state index in [1.165, 1.54) is 616 Å². The van der Waals surface area contributed by atoms with E-state index in [2.05, 4.69) is 62.3 Å². The van der Waals surface area contributed by atoms with E-state index >= 15 is 4.79 Å². The molecule has 2 nitrogen and oxygen atoms in total. The van der Waals surface area contributed by atoms with Crippen molar-refractivity contribution in [3.63, 3.8) is 0 Å². The Morgan fingerprint density at radius 3 is 0.371 bits per heavy atom. The Morgan fingerprint density at radius 2 is 0.241 bits per heavy atom. The number of hydrogen-bond donors (Lipinski definition) is 1. The van der Waals surface area contributed by atoms with Crippen LogP contribution in [0.2, 0.25) is 0 Å². The molecule has 696 valence electrons. The number of rotatable bonds is 104. The van der Waals surface area contributed by atoms with Crippen molar-refractivity contribution in [2.24, 2.45) is 21.7 Å². The molecule has 1 N–H and O–H groups in total. The first-order chi connectivity index (χ1) is 57.2. The largest absolute Gasteiger partial charge is 0.481 e. The highest BCUT2D eigenvalue weighted by Gasteiger charge is 2.68. The van der Waals surface area contributed by atoms with Crippen molar-refractivity contribution in [2.45, 2.75) is 704 Å². The van der Waals surface area contributed by atoms with Gasteiger partial charge >= 0.3 is 5.97 Å². The summed E-state index contributed by atoms with van der Waals surface area (Å²) in [5.41, 5.74) is -0.859. The van der Waals surface area contributed by atoms with Gasteiger partial charge in [-0.3, -0.25) is 4.79 Å². The van der Waals surface area contributed by atoms with E-state index in [1.807, 2.05) is 0 Å². The minimum Gasteiger partial charge on any atom is -0.481 e. The second-order valence-corrected chi connectivity index (χ2v) is 40.6. The van der Waals surface area contributed by atoms with Gasteiger partial charge in [-0.05, 0) is 74.0 Å². The fourth-order valence-corrected chi connectivity index (χ4v) is 22.8. The summed E-state index contributed by atoms with van der Waals surface area (Å²) in [4.78, 5) is 17.0. The molecule has 116 heavy (non-hydrogen) atoms. The molecule has 0 heterocycles. The zero-order chi connectivity index (χ0) is 84.3. The van der Waals surface area contributed by atoms with Crippen LogP contribution in [-0.2, 0) is 4.79 Å². The van der Waals surface area contributed by atoms with Gasteiger partial charge in [-0.2, -0.15) is 0 Å². The minimum absolute atomic E-state index is 0.0225. The number of carboxylic acid groups (broad SMARTS) is 1. The van der Waals surface area contributed by atoms with Crippen LogP contribution in [-0.4, -0.2) is 11.1 Å². The molecule has 0 rings (SSSR count). The number of aliphatic carboxylic acids is 1. The molecule has 0 aromatic rings. The zero-order valence-electron chi connectivity index (χ0n) is 83.1. The summed E-state index contributed by atoms with van der Waals surface area (Å²) in [5.74, 6) is -0.277. The van der Waals surface area contributed by atoms with Gasteiger partial charge in [0, 0.05) is 0 Å². The smallest absolute Gasteiger partial charge is 0.310 e. The van der Waals surface area contributed by atoms with E-state index in [0.717, 1.165) is 25.7 Å². The van der Waals surface area contributed by atoms with E-state index in [4.69, 9.17) is 0 Å². The van der Waals surface area contributed by atoms with Gasteiger partial charge in [-0.1, -0.05) is 647 Å². The summed E-state index contributed by atoms with van der Waals surface area (Å²) in [5, 5.41) is 14.0. The van der Waals surface area contributed by atoms with Crippen LogP contribution in [0, 0.1) is 21.7 Å². The van der Waals surface area contributed by atoms with Crippen LogP contribution in [0.1, 0.15) is 704 Å². The normalized spacial score (nSPS) is 12.4. The molecule has 0 aliphatic carbocycles. The Hall–Kier alpha value is -0.530. The molecule has 0 bridgehead atoms. The van der Waals surface area contributed by atoms with Gasteiger partial charge in [-0.25, -0.2) is 0 Å². The Bertz CT molecular complexity index is 1730. The van der Waals surface area contributed by atoms with Crippen LogP contribution in [0.15, 0.2) is 0 Å². The molecule has 0 atom stereocenters. The van der Waals surface area contributed by atoms with Crippen molar-refractivity contribution < 1.29 is 9.90 Å². The lowest BCUT2D eigenvalue weighted by Gasteiger charge is -2.68. The lowest BCUT2D eigenvalue weighted by Crippen LogP contribution is -2.63.